The molecule has 1 aromatic heterocycles. The largest absolute Gasteiger partial charge is 0.433 e. The number of benzene rings is 1. The number of carbonyl (C=O) groups excluding carboxylic acids is 1. The van der Waals surface area contributed by atoms with E-state index in [-0.39, 0.29) is 12.8 Å². The Labute approximate surface area is 165 Å². The summed E-state index contributed by atoms with van der Waals surface area (Å²) in [5.41, 5.74) is 7.66. The summed E-state index contributed by atoms with van der Waals surface area (Å²) in [5, 5.41) is 3.28. The van der Waals surface area contributed by atoms with Crippen molar-refractivity contribution in [3.63, 3.8) is 0 Å². The van der Waals surface area contributed by atoms with Gasteiger partial charge in [0.15, 0.2) is 0 Å². The number of piperidine rings is 1. The lowest BCUT2D eigenvalue weighted by Gasteiger charge is -2.29. The molecule has 1 saturated heterocycles. The SMILES string of the molecule is CC(Nc1nccc(N(C)C(=O)OCN)n1)c1ccc(N2CCCCC2)cc1. The number of hydrogen-bond acceptors (Lipinski definition) is 7. The van der Waals surface area contributed by atoms with Crippen molar-refractivity contribution in [2.24, 2.45) is 5.73 Å². The highest BCUT2D eigenvalue weighted by molar-refractivity contribution is 5.85. The molecule has 1 aliphatic heterocycles. The molecule has 3 rings (SSSR count). The number of nitrogens with zero attached hydrogens (tertiary/aromatic N) is 4. The zero-order chi connectivity index (χ0) is 19.9. The van der Waals surface area contributed by atoms with Gasteiger partial charge in [-0.25, -0.2) is 9.78 Å². The Morgan fingerprint density at radius 2 is 1.96 bits per heavy atom. The van der Waals surface area contributed by atoms with E-state index in [0.29, 0.717) is 11.8 Å². The highest BCUT2D eigenvalue weighted by atomic mass is 16.6. The van der Waals surface area contributed by atoms with Crippen LogP contribution in [-0.4, -0.2) is 42.9 Å². The highest BCUT2D eigenvalue weighted by Crippen LogP contribution is 2.24. The van der Waals surface area contributed by atoms with Crippen LogP contribution in [0.5, 0.6) is 0 Å². The van der Waals surface area contributed by atoms with Crippen LogP contribution in [0.25, 0.3) is 0 Å². The Bertz CT molecular complexity index is 777. The van der Waals surface area contributed by atoms with Crippen molar-refractivity contribution in [3.05, 3.63) is 42.1 Å². The van der Waals surface area contributed by atoms with Crippen LogP contribution in [-0.2, 0) is 4.74 Å². The van der Waals surface area contributed by atoms with Crippen molar-refractivity contribution < 1.29 is 9.53 Å². The quantitative estimate of drug-likeness (QED) is 0.739. The number of hydrogen-bond donors (Lipinski definition) is 2. The second-order valence-corrected chi connectivity index (χ2v) is 6.88. The van der Waals surface area contributed by atoms with E-state index in [9.17, 15) is 4.79 Å². The van der Waals surface area contributed by atoms with Crippen molar-refractivity contribution in [1.82, 2.24) is 9.97 Å². The van der Waals surface area contributed by atoms with Gasteiger partial charge in [-0.3, -0.25) is 10.6 Å². The van der Waals surface area contributed by atoms with Crippen molar-refractivity contribution in [2.75, 3.05) is 42.0 Å². The predicted molar refractivity (Wildman–Crippen MR) is 111 cm³/mol. The molecule has 1 aromatic carbocycles. The summed E-state index contributed by atoms with van der Waals surface area (Å²) in [4.78, 5) is 24.2. The molecule has 0 radical (unpaired) electrons. The van der Waals surface area contributed by atoms with Crippen LogP contribution in [0.3, 0.4) is 0 Å². The molecule has 1 unspecified atom stereocenters. The molecule has 0 aliphatic carbocycles. The number of anilines is 3. The molecule has 1 atom stereocenters. The number of nitrogens with one attached hydrogen (secondary N) is 1. The van der Waals surface area contributed by atoms with Gasteiger partial charge in [-0.1, -0.05) is 12.1 Å². The molecular formula is C20H28N6O2. The monoisotopic (exact) mass is 384 g/mol. The van der Waals surface area contributed by atoms with Crippen LogP contribution in [0.2, 0.25) is 0 Å². The van der Waals surface area contributed by atoms with Gasteiger partial charge in [-0.05, 0) is 49.9 Å². The third-order valence-electron chi connectivity index (χ3n) is 4.93. The molecule has 0 saturated carbocycles. The number of ether oxygens (including phenoxy) is 1. The van der Waals surface area contributed by atoms with Crippen LogP contribution < -0.4 is 20.9 Å². The minimum absolute atomic E-state index is 0.0203. The Morgan fingerprint density at radius 3 is 2.64 bits per heavy atom. The summed E-state index contributed by atoms with van der Waals surface area (Å²) in [6, 6.07) is 10.3. The van der Waals surface area contributed by atoms with Crippen LogP contribution in [0.15, 0.2) is 36.5 Å². The molecule has 1 fully saturated rings. The zero-order valence-corrected chi connectivity index (χ0v) is 16.5. The topological polar surface area (TPSA) is 96.6 Å². The average molecular weight is 384 g/mol. The van der Waals surface area contributed by atoms with E-state index >= 15 is 0 Å². The maximum absolute atomic E-state index is 11.8. The Hall–Kier alpha value is -2.87. The fourth-order valence-electron chi connectivity index (χ4n) is 3.27. The maximum atomic E-state index is 11.8. The van der Waals surface area contributed by atoms with Crippen molar-refractivity contribution in [2.45, 2.75) is 32.2 Å². The Balaban J connectivity index is 1.65. The zero-order valence-electron chi connectivity index (χ0n) is 16.5. The Kier molecular flexibility index (Phi) is 6.65. The molecule has 1 amide bonds. The summed E-state index contributed by atoms with van der Waals surface area (Å²) in [6.45, 7) is 4.14. The lowest BCUT2D eigenvalue weighted by Crippen LogP contribution is -2.30. The van der Waals surface area contributed by atoms with E-state index < -0.39 is 6.09 Å². The van der Waals surface area contributed by atoms with E-state index in [0.717, 1.165) is 18.7 Å². The fourth-order valence-corrected chi connectivity index (χ4v) is 3.27. The molecule has 2 heterocycles. The first-order chi connectivity index (χ1) is 13.6. The summed E-state index contributed by atoms with van der Waals surface area (Å²) >= 11 is 0. The number of rotatable bonds is 6. The van der Waals surface area contributed by atoms with Crippen LogP contribution in [0.1, 0.15) is 37.8 Å². The van der Waals surface area contributed by atoms with Crippen LogP contribution in [0, 0.1) is 0 Å². The van der Waals surface area contributed by atoms with E-state index in [1.165, 1.54) is 29.8 Å². The number of carbonyl (C=O) groups is 1. The van der Waals surface area contributed by atoms with E-state index in [2.05, 4.69) is 51.4 Å². The first-order valence-corrected chi connectivity index (χ1v) is 9.63. The van der Waals surface area contributed by atoms with Crippen LogP contribution >= 0.6 is 0 Å². The average Bonchev–Trinajstić information content (AvgIpc) is 2.74. The maximum Gasteiger partial charge on any atom is 0.416 e. The van der Waals surface area contributed by atoms with Crippen LogP contribution in [0.4, 0.5) is 22.2 Å². The minimum atomic E-state index is -0.562. The summed E-state index contributed by atoms with van der Waals surface area (Å²) in [5.74, 6) is 0.876. The lowest BCUT2D eigenvalue weighted by molar-refractivity contribution is 0.158. The first kappa shape index (κ1) is 19.9. The van der Waals surface area contributed by atoms with E-state index in [4.69, 9.17) is 10.5 Å². The van der Waals surface area contributed by atoms with Gasteiger partial charge in [0.1, 0.15) is 12.5 Å². The van der Waals surface area contributed by atoms with Gasteiger partial charge in [-0.2, -0.15) is 4.98 Å². The summed E-state index contributed by atoms with van der Waals surface area (Å²) < 4.78 is 4.79. The van der Waals surface area contributed by atoms with Gasteiger partial charge >= 0.3 is 6.09 Å². The Morgan fingerprint density at radius 1 is 1.25 bits per heavy atom. The molecule has 150 valence electrons. The van der Waals surface area contributed by atoms with Crippen molar-refractivity contribution >= 4 is 23.5 Å². The number of aromatic nitrogens is 2. The van der Waals surface area contributed by atoms with Gasteiger partial charge in [0.2, 0.25) is 5.95 Å². The normalized spacial score (nSPS) is 15.0. The standard InChI is InChI=1S/C20H28N6O2/c1-15(16-6-8-17(9-7-16)26-12-4-3-5-13-26)23-19-22-11-10-18(24-19)25(2)20(27)28-14-21/h6-11,15H,3-5,12-14,21H2,1-2H3,(H,22,23,24). The second-order valence-electron chi connectivity index (χ2n) is 6.88. The molecule has 3 N–H and O–H groups in total. The lowest BCUT2D eigenvalue weighted by atomic mass is 10.1. The third-order valence-corrected chi connectivity index (χ3v) is 4.93. The molecule has 8 nitrogen and oxygen atoms in total. The van der Waals surface area contributed by atoms with Gasteiger partial charge in [0.25, 0.3) is 0 Å². The van der Waals surface area contributed by atoms with Crippen molar-refractivity contribution in [3.8, 4) is 0 Å². The molecule has 28 heavy (non-hydrogen) atoms. The van der Waals surface area contributed by atoms with Crippen molar-refractivity contribution in [1.29, 1.82) is 0 Å². The summed E-state index contributed by atoms with van der Waals surface area (Å²) in [6.07, 6.45) is 4.89. The smallest absolute Gasteiger partial charge is 0.416 e. The van der Waals surface area contributed by atoms with E-state index in [1.807, 2.05) is 0 Å². The van der Waals surface area contributed by atoms with E-state index in [1.54, 1.807) is 19.3 Å². The predicted octanol–water partition coefficient (Wildman–Crippen LogP) is 3.13. The molecule has 0 bridgehead atoms. The van der Waals surface area contributed by atoms with Gasteiger partial charge in [-0.15, -0.1) is 0 Å². The molecule has 1 aliphatic rings. The molecular weight excluding hydrogens is 356 g/mol. The summed E-state index contributed by atoms with van der Waals surface area (Å²) in [7, 11) is 1.58. The fraction of sp³-hybridized carbons (Fsp3) is 0.450. The molecule has 0 spiro atoms. The molecule has 2 aromatic rings. The van der Waals surface area contributed by atoms with Gasteiger partial charge in [0, 0.05) is 32.0 Å². The number of nitrogens with two attached hydrogens (primary N) is 1. The third kappa shape index (κ3) is 4.89. The highest BCUT2D eigenvalue weighted by Gasteiger charge is 2.15. The number of amides is 1. The molecule has 8 heteroatoms. The first-order valence-electron chi connectivity index (χ1n) is 9.63. The van der Waals surface area contributed by atoms with Gasteiger partial charge in [0.05, 0.1) is 6.04 Å². The van der Waals surface area contributed by atoms with Gasteiger partial charge < -0.3 is 15.0 Å². The second kappa shape index (κ2) is 9.36. The minimum Gasteiger partial charge on any atom is -0.433 e.